The number of hydrogen-bond donors (Lipinski definition) is 1. The highest BCUT2D eigenvalue weighted by atomic mass is 19.4. The fourth-order valence-corrected chi connectivity index (χ4v) is 3.97. The molecule has 0 saturated carbocycles. The van der Waals surface area contributed by atoms with Gasteiger partial charge in [-0.15, -0.1) is 10.2 Å². The lowest BCUT2D eigenvalue weighted by Gasteiger charge is -2.23. The van der Waals surface area contributed by atoms with Gasteiger partial charge in [-0.3, -0.25) is 4.68 Å². The highest BCUT2D eigenvalue weighted by Gasteiger charge is 2.32. The first-order valence-corrected chi connectivity index (χ1v) is 9.43. The summed E-state index contributed by atoms with van der Waals surface area (Å²) in [6.07, 6.45) is 0.765. The van der Waals surface area contributed by atoms with E-state index in [1.54, 1.807) is 12.4 Å². The average molecular weight is 414 g/mol. The van der Waals surface area contributed by atoms with E-state index in [0.717, 1.165) is 36.2 Å². The van der Waals surface area contributed by atoms with Crippen molar-refractivity contribution in [1.82, 2.24) is 29.5 Å². The fraction of sp³-hybridized carbons (Fsp3) is 0.300. The molecule has 1 aliphatic heterocycles. The minimum Gasteiger partial charge on any atom is -0.507 e. The van der Waals surface area contributed by atoms with Crippen LogP contribution in [-0.2, 0) is 19.1 Å². The van der Waals surface area contributed by atoms with Crippen molar-refractivity contribution in [2.75, 3.05) is 0 Å². The van der Waals surface area contributed by atoms with E-state index < -0.39 is 17.5 Å². The molecule has 0 amide bonds. The number of aromatic hydroxyl groups is 1. The molecule has 0 saturated heterocycles. The molecule has 1 aromatic carbocycles. The van der Waals surface area contributed by atoms with Crippen molar-refractivity contribution in [3.63, 3.8) is 0 Å². The Morgan fingerprint density at radius 2 is 2.03 bits per heavy atom. The molecule has 1 aliphatic rings. The zero-order valence-electron chi connectivity index (χ0n) is 15.9. The van der Waals surface area contributed by atoms with E-state index >= 15 is 0 Å². The third-order valence-corrected chi connectivity index (χ3v) is 5.46. The highest BCUT2D eigenvalue weighted by molar-refractivity contribution is 5.80. The molecule has 3 aromatic heterocycles. The molecular weight excluding hydrogens is 397 g/mol. The first-order chi connectivity index (χ1) is 14.3. The van der Waals surface area contributed by atoms with E-state index in [-0.39, 0.29) is 11.6 Å². The second-order valence-corrected chi connectivity index (χ2v) is 7.50. The number of aryl methyl sites for hydroxylation is 2. The van der Waals surface area contributed by atoms with E-state index in [2.05, 4.69) is 20.3 Å². The van der Waals surface area contributed by atoms with Gasteiger partial charge in [0.2, 0.25) is 0 Å². The molecule has 0 radical (unpaired) electrons. The van der Waals surface area contributed by atoms with Gasteiger partial charge in [0.05, 0.1) is 17.3 Å². The number of aromatic nitrogens is 6. The lowest BCUT2D eigenvalue weighted by molar-refractivity contribution is -0.137. The summed E-state index contributed by atoms with van der Waals surface area (Å²) in [5.74, 6) is 0.498. The first-order valence-electron chi connectivity index (χ1n) is 9.43. The summed E-state index contributed by atoms with van der Waals surface area (Å²) in [4.78, 5) is 4.50. The van der Waals surface area contributed by atoms with Gasteiger partial charge >= 0.3 is 6.18 Å². The number of fused-ring (bicyclic) bond motifs is 2. The van der Waals surface area contributed by atoms with Gasteiger partial charge in [-0.1, -0.05) is 0 Å². The smallest absolute Gasteiger partial charge is 0.416 e. The van der Waals surface area contributed by atoms with Gasteiger partial charge in [-0.05, 0) is 43.2 Å². The molecule has 0 aliphatic carbocycles. The summed E-state index contributed by atoms with van der Waals surface area (Å²) in [5, 5.41) is 23.7. The molecule has 0 spiro atoms. The van der Waals surface area contributed by atoms with Crippen LogP contribution in [0.15, 0.2) is 36.8 Å². The molecule has 1 N–H and O–H groups in total. The lowest BCUT2D eigenvalue weighted by Crippen LogP contribution is -2.23. The van der Waals surface area contributed by atoms with E-state index in [1.807, 2.05) is 21.5 Å². The zero-order chi connectivity index (χ0) is 21.0. The summed E-state index contributed by atoms with van der Waals surface area (Å²) < 4.78 is 42.8. The molecule has 0 bridgehead atoms. The predicted molar refractivity (Wildman–Crippen MR) is 102 cm³/mol. The molecule has 4 aromatic rings. The van der Waals surface area contributed by atoms with Crippen LogP contribution in [0.5, 0.6) is 5.75 Å². The summed E-state index contributed by atoms with van der Waals surface area (Å²) in [6.45, 7) is 2.23. The van der Waals surface area contributed by atoms with Gasteiger partial charge in [0.15, 0.2) is 5.65 Å². The Labute approximate surface area is 168 Å². The molecule has 0 unspecified atom stereocenters. The lowest BCUT2D eigenvalue weighted by atomic mass is 10.00. The van der Waals surface area contributed by atoms with Gasteiger partial charge in [0.25, 0.3) is 0 Å². The molecule has 4 heterocycles. The quantitative estimate of drug-likeness (QED) is 0.538. The highest BCUT2D eigenvalue weighted by Crippen LogP contribution is 2.38. The van der Waals surface area contributed by atoms with E-state index in [1.165, 1.54) is 6.92 Å². The maximum atomic E-state index is 13.0. The van der Waals surface area contributed by atoms with E-state index in [0.29, 0.717) is 23.4 Å². The maximum Gasteiger partial charge on any atom is 0.416 e. The molecule has 5 rings (SSSR count). The van der Waals surface area contributed by atoms with Crippen LogP contribution in [0.2, 0.25) is 0 Å². The number of nitrogens with zero attached hydrogens (tertiary/aromatic N) is 6. The summed E-state index contributed by atoms with van der Waals surface area (Å²) in [7, 11) is 0. The number of rotatable bonds is 2. The Kier molecular flexibility index (Phi) is 4.05. The minimum atomic E-state index is -4.53. The van der Waals surface area contributed by atoms with E-state index in [4.69, 9.17) is 0 Å². The SMILES string of the molecule is Cc1cc(C(F)(F)F)cc(O)c1-c1ccc2cn([C@H]3CCc4nncn4C3)nc2n1. The zero-order valence-corrected chi connectivity index (χ0v) is 15.9. The molecule has 0 fully saturated rings. The largest absolute Gasteiger partial charge is 0.507 e. The molecule has 30 heavy (non-hydrogen) atoms. The summed E-state index contributed by atoms with van der Waals surface area (Å²) in [6, 6.07) is 5.36. The fourth-order valence-electron chi connectivity index (χ4n) is 3.97. The Morgan fingerprint density at radius 3 is 2.80 bits per heavy atom. The van der Waals surface area contributed by atoms with Gasteiger partial charge < -0.3 is 9.67 Å². The third kappa shape index (κ3) is 3.08. The van der Waals surface area contributed by atoms with Crippen LogP contribution in [0, 0.1) is 6.92 Å². The third-order valence-electron chi connectivity index (χ3n) is 5.46. The van der Waals surface area contributed by atoms with Crippen molar-refractivity contribution < 1.29 is 18.3 Å². The number of pyridine rings is 1. The molecule has 10 heteroatoms. The Hall–Kier alpha value is -3.43. The van der Waals surface area contributed by atoms with Crippen LogP contribution < -0.4 is 0 Å². The molecule has 7 nitrogen and oxygen atoms in total. The van der Waals surface area contributed by atoms with Crippen LogP contribution in [0.1, 0.15) is 29.4 Å². The number of alkyl halides is 3. The summed E-state index contributed by atoms with van der Waals surface area (Å²) >= 11 is 0. The van der Waals surface area contributed by atoms with E-state index in [9.17, 15) is 18.3 Å². The number of phenolic OH excluding ortho intramolecular Hbond substituents is 1. The van der Waals surface area contributed by atoms with Gasteiger partial charge in [-0.2, -0.15) is 18.3 Å². The van der Waals surface area contributed by atoms with Crippen LogP contribution in [0.3, 0.4) is 0 Å². The van der Waals surface area contributed by atoms with Gasteiger partial charge in [0, 0.05) is 30.1 Å². The predicted octanol–water partition coefficient (Wildman–Crippen LogP) is 3.91. The van der Waals surface area contributed by atoms with Crippen molar-refractivity contribution in [1.29, 1.82) is 0 Å². The number of phenols is 1. The van der Waals surface area contributed by atoms with Gasteiger partial charge in [-0.25, -0.2) is 4.98 Å². The topological polar surface area (TPSA) is 81.6 Å². The number of benzene rings is 1. The van der Waals surface area contributed by atoms with Crippen LogP contribution in [0.4, 0.5) is 13.2 Å². The van der Waals surface area contributed by atoms with Crippen molar-refractivity contribution in [3.05, 3.63) is 53.7 Å². The van der Waals surface area contributed by atoms with Gasteiger partial charge in [0.1, 0.15) is 17.9 Å². The van der Waals surface area contributed by atoms with Crippen molar-refractivity contribution >= 4 is 11.0 Å². The second kappa shape index (κ2) is 6.54. The number of hydrogen-bond acceptors (Lipinski definition) is 5. The molecular formula is C20H17F3N6O. The minimum absolute atomic E-state index is 0.132. The second-order valence-electron chi connectivity index (χ2n) is 7.50. The van der Waals surface area contributed by atoms with Crippen LogP contribution in [0.25, 0.3) is 22.3 Å². The molecule has 154 valence electrons. The van der Waals surface area contributed by atoms with Crippen molar-refractivity contribution in [2.24, 2.45) is 0 Å². The van der Waals surface area contributed by atoms with Crippen molar-refractivity contribution in [3.8, 4) is 17.0 Å². The van der Waals surface area contributed by atoms with Crippen LogP contribution >= 0.6 is 0 Å². The normalized spacial score (nSPS) is 16.7. The van der Waals surface area contributed by atoms with Crippen molar-refractivity contribution in [2.45, 2.75) is 38.5 Å². The molecule has 1 atom stereocenters. The maximum absolute atomic E-state index is 13.0. The standard InChI is InChI=1S/C20H17F3N6O/c1-11-6-13(20(21,22)23)7-16(30)18(11)15-4-2-12-8-29(27-19(12)25-15)14-3-5-17-26-24-10-28(17)9-14/h2,4,6-8,10,14,30H,3,5,9H2,1H3/t14-/m0/s1. The number of halogens is 3. The Morgan fingerprint density at radius 1 is 1.20 bits per heavy atom. The Balaban J connectivity index is 1.51. The average Bonchev–Trinajstić information content (AvgIpc) is 3.32. The summed E-state index contributed by atoms with van der Waals surface area (Å²) in [5.41, 5.74) is 0.520. The first kappa shape index (κ1) is 18.6. The van der Waals surface area contributed by atoms with Crippen LogP contribution in [-0.4, -0.2) is 34.6 Å². The Bertz CT molecular complexity index is 1240. The monoisotopic (exact) mass is 414 g/mol.